The van der Waals surface area contributed by atoms with Crippen LogP contribution in [0.15, 0.2) is 18.5 Å². The van der Waals surface area contributed by atoms with Crippen molar-refractivity contribution in [2.24, 2.45) is 11.8 Å². The summed E-state index contributed by atoms with van der Waals surface area (Å²) in [5.41, 5.74) is 0. The molecule has 0 bridgehead atoms. The van der Waals surface area contributed by atoms with E-state index in [1.165, 1.54) is 0 Å². The van der Waals surface area contributed by atoms with E-state index in [4.69, 9.17) is 0 Å². The normalized spacial score (nSPS) is 16.7. The smallest absolute Gasteiger partial charge is 0.223 e. The second-order valence-electron chi connectivity index (χ2n) is 6.26. The summed E-state index contributed by atoms with van der Waals surface area (Å²) >= 11 is 0. The zero-order valence-corrected chi connectivity index (χ0v) is 13.6. The van der Waals surface area contributed by atoms with E-state index in [1.54, 1.807) is 18.5 Å². The quantitative estimate of drug-likeness (QED) is 0.745. The third kappa shape index (κ3) is 5.60. The number of hydrogen-bond donors (Lipinski definition) is 2. The van der Waals surface area contributed by atoms with Gasteiger partial charge in [-0.3, -0.25) is 4.79 Å². The number of likely N-dealkylation sites (tertiary alicyclic amines) is 1. The van der Waals surface area contributed by atoms with Crippen molar-refractivity contribution < 1.29 is 4.79 Å². The molecule has 2 N–H and O–H groups in total. The van der Waals surface area contributed by atoms with E-state index in [2.05, 4.69) is 39.3 Å². The molecule has 0 radical (unpaired) electrons. The Morgan fingerprint density at radius 1 is 1.27 bits per heavy atom. The maximum absolute atomic E-state index is 12.1. The number of carbonyl (C=O) groups excluding carboxylic acids is 1. The van der Waals surface area contributed by atoms with Crippen molar-refractivity contribution >= 4 is 11.9 Å². The van der Waals surface area contributed by atoms with Crippen LogP contribution in [0.3, 0.4) is 0 Å². The van der Waals surface area contributed by atoms with Crippen LogP contribution in [0.2, 0.25) is 0 Å². The van der Waals surface area contributed by atoms with Gasteiger partial charge < -0.3 is 15.5 Å². The lowest BCUT2D eigenvalue weighted by Crippen LogP contribution is -2.42. The first-order valence-electron chi connectivity index (χ1n) is 8.16. The maximum Gasteiger partial charge on any atom is 0.223 e. The van der Waals surface area contributed by atoms with Crippen molar-refractivity contribution in [3.05, 3.63) is 18.5 Å². The molecule has 1 saturated heterocycles. The third-order valence-electron chi connectivity index (χ3n) is 3.85. The van der Waals surface area contributed by atoms with Crippen LogP contribution in [0.5, 0.6) is 0 Å². The molecule has 6 nitrogen and oxygen atoms in total. The van der Waals surface area contributed by atoms with Gasteiger partial charge in [-0.15, -0.1) is 0 Å². The van der Waals surface area contributed by atoms with Gasteiger partial charge in [0.25, 0.3) is 0 Å². The fourth-order valence-corrected chi connectivity index (χ4v) is 2.79. The standard InChI is InChI=1S/C16H27N5O/c1-13(2)12-21-10-4-14(5-11-21)15(22)17-8-9-20-16-18-6-3-7-19-16/h3,6-7,13-14H,4-5,8-12H2,1-2H3,(H,17,22)(H,18,19,20). The van der Waals surface area contributed by atoms with Crippen LogP contribution < -0.4 is 10.6 Å². The highest BCUT2D eigenvalue weighted by molar-refractivity contribution is 5.78. The molecule has 1 aliphatic rings. The van der Waals surface area contributed by atoms with Crippen molar-refractivity contribution in [3.8, 4) is 0 Å². The Balaban J connectivity index is 1.60. The summed E-state index contributed by atoms with van der Waals surface area (Å²) in [6.45, 7) is 8.92. The van der Waals surface area contributed by atoms with Crippen LogP contribution in [0.1, 0.15) is 26.7 Å². The molecule has 0 aromatic carbocycles. The topological polar surface area (TPSA) is 70.2 Å². The molecule has 0 saturated carbocycles. The molecule has 2 heterocycles. The zero-order chi connectivity index (χ0) is 15.8. The van der Waals surface area contributed by atoms with Crippen LogP contribution in [0.25, 0.3) is 0 Å². The van der Waals surface area contributed by atoms with E-state index in [-0.39, 0.29) is 11.8 Å². The number of aromatic nitrogens is 2. The lowest BCUT2D eigenvalue weighted by Gasteiger charge is -2.32. The SMILES string of the molecule is CC(C)CN1CCC(C(=O)NCCNc2ncccn2)CC1. The number of rotatable bonds is 7. The Labute approximate surface area is 132 Å². The van der Waals surface area contributed by atoms with E-state index in [0.29, 0.717) is 25.0 Å². The van der Waals surface area contributed by atoms with Crippen molar-refractivity contribution in [1.29, 1.82) is 0 Å². The van der Waals surface area contributed by atoms with Gasteiger partial charge in [0.15, 0.2) is 0 Å². The zero-order valence-electron chi connectivity index (χ0n) is 13.6. The van der Waals surface area contributed by atoms with E-state index in [0.717, 1.165) is 32.5 Å². The molecule has 2 rings (SSSR count). The second-order valence-corrected chi connectivity index (χ2v) is 6.26. The summed E-state index contributed by atoms with van der Waals surface area (Å²) in [6.07, 6.45) is 5.32. The molecule has 1 fully saturated rings. The lowest BCUT2D eigenvalue weighted by molar-refractivity contribution is -0.126. The fraction of sp³-hybridized carbons (Fsp3) is 0.688. The first-order valence-corrected chi connectivity index (χ1v) is 8.16. The number of nitrogens with zero attached hydrogens (tertiary/aromatic N) is 3. The maximum atomic E-state index is 12.1. The van der Waals surface area contributed by atoms with Gasteiger partial charge in [-0.1, -0.05) is 13.8 Å². The van der Waals surface area contributed by atoms with Crippen LogP contribution in [0, 0.1) is 11.8 Å². The lowest BCUT2D eigenvalue weighted by atomic mass is 9.95. The molecular formula is C16H27N5O. The number of amides is 1. The summed E-state index contributed by atoms with van der Waals surface area (Å²) in [5.74, 6) is 1.63. The van der Waals surface area contributed by atoms with Gasteiger partial charge >= 0.3 is 0 Å². The van der Waals surface area contributed by atoms with Crippen LogP contribution in [0.4, 0.5) is 5.95 Å². The average Bonchev–Trinajstić information content (AvgIpc) is 2.52. The monoisotopic (exact) mass is 305 g/mol. The predicted molar refractivity (Wildman–Crippen MR) is 87.5 cm³/mol. The van der Waals surface area contributed by atoms with Gasteiger partial charge in [0.1, 0.15) is 0 Å². The summed E-state index contributed by atoms with van der Waals surface area (Å²) in [6, 6.07) is 1.78. The van der Waals surface area contributed by atoms with E-state index < -0.39 is 0 Å². The predicted octanol–water partition coefficient (Wildman–Crippen LogP) is 1.37. The molecule has 0 spiro atoms. The first kappa shape index (κ1) is 16.7. The Kier molecular flexibility index (Phi) is 6.58. The molecule has 1 aromatic rings. The number of hydrogen-bond acceptors (Lipinski definition) is 5. The van der Waals surface area contributed by atoms with Gasteiger partial charge in [0, 0.05) is 37.9 Å². The molecule has 1 amide bonds. The van der Waals surface area contributed by atoms with Crippen molar-refractivity contribution in [3.63, 3.8) is 0 Å². The van der Waals surface area contributed by atoms with Gasteiger partial charge in [-0.2, -0.15) is 0 Å². The minimum atomic E-state index is 0.163. The molecule has 0 unspecified atom stereocenters. The third-order valence-corrected chi connectivity index (χ3v) is 3.85. The van der Waals surface area contributed by atoms with Gasteiger partial charge in [-0.25, -0.2) is 9.97 Å². The molecule has 122 valence electrons. The van der Waals surface area contributed by atoms with E-state index in [9.17, 15) is 4.79 Å². The van der Waals surface area contributed by atoms with Gasteiger partial charge in [-0.05, 0) is 37.9 Å². The van der Waals surface area contributed by atoms with Crippen molar-refractivity contribution in [2.75, 3.05) is 38.0 Å². The Morgan fingerprint density at radius 2 is 1.95 bits per heavy atom. The molecule has 1 aromatic heterocycles. The summed E-state index contributed by atoms with van der Waals surface area (Å²) in [7, 11) is 0. The average molecular weight is 305 g/mol. The summed E-state index contributed by atoms with van der Waals surface area (Å²) in [4.78, 5) is 22.8. The largest absolute Gasteiger partial charge is 0.354 e. The minimum absolute atomic E-state index is 0.163. The molecule has 22 heavy (non-hydrogen) atoms. The molecule has 6 heteroatoms. The van der Waals surface area contributed by atoms with Crippen LogP contribution >= 0.6 is 0 Å². The highest BCUT2D eigenvalue weighted by Crippen LogP contribution is 2.18. The molecule has 0 atom stereocenters. The number of carbonyl (C=O) groups is 1. The number of piperidine rings is 1. The molecular weight excluding hydrogens is 278 g/mol. The Hall–Kier alpha value is -1.69. The second kappa shape index (κ2) is 8.68. The highest BCUT2D eigenvalue weighted by Gasteiger charge is 2.24. The highest BCUT2D eigenvalue weighted by atomic mass is 16.1. The fourth-order valence-electron chi connectivity index (χ4n) is 2.79. The Morgan fingerprint density at radius 3 is 2.59 bits per heavy atom. The van der Waals surface area contributed by atoms with Gasteiger partial charge in [0.05, 0.1) is 0 Å². The van der Waals surface area contributed by atoms with Crippen molar-refractivity contribution in [1.82, 2.24) is 20.2 Å². The number of anilines is 1. The molecule has 0 aliphatic carbocycles. The number of nitrogens with one attached hydrogen (secondary N) is 2. The van der Waals surface area contributed by atoms with Gasteiger partial charge in [0.2, 0.25) is 11.9 Å². The minimum Gasteiger partial charge on any atom is -0.354 e. The first-order chi connectivity index (χ1) is 10.6. The molecule has 1 aliphatic heterocycles. The van der Waals surface area contributed by atoms with Crippen LogP contribution in [-0.2, 0) is 4.79 Å². The Bertz CT molecular complexity index is 443. The van der Waals surface area contributed by atoms with Crippen LogP contribution in [-0.4, -0.2) is 53.5 Å². The van der Waals surface area contributed by atoms with E-state index in [1.807, 2.05) is 0 Å². The summed E-state index contributed by atoms with van der Waals surface area (Å²) in [5, 5.41) is 6.09. The van der Waals surface area contributed by atoms with Crippen molar-refractivity contribution in [2.45, 2.75) is 26.7 Å². The summed E-state index contributed by atoms with van der Waals surface area (Å²) < 4.78 is 0. The van der Waals surface area contributed by atoms with E-state index >= 15 is 0 Å².